The van der Waals surface area contributed by atoms with Crippen LogP contribution in [0, 0.1) is 0 Å². The number of benzene rings is 2. The van der Waals surface area contributed by atoms with Gasteiger partial charge in [0.15, 0.2) is 0 Å². The molecule has 2 aromatic rings. The Hall–Kier alpha value is -2.22. The summed E-state index contributed by atoms with van der Waals surface area (Å²) in [5, 5.41) is 0. The fraction of sp³-hybridized carbons (Fsp3) is 0.176. The number of rotatable bonds is 4. The number of nitrogens with two attached hydrogens (primary N) is 1. The van der Waals surface area contributed by atoms with E-state index in [1.54, 1.807) is 0 Å². The van der Waals surface area contributed by atoms with Crippen molar-refractivity contribution < 1.29 is 0 Å². The summed E-state index contributed by atoms with van der Waals surface area (Å²) < 4.78 is 0. The van der Waals surface area contributed by atoms with Crippen LogP contribution in [0.2, 0.25) is 0 Å². The van der Waals surface area contributed by atoms with Crippen LogP contribution in [0.1, 0.15) is 13.8 Å². The van der Waals surface area contributed by atoms with E-state index in [9.17, 15) is 0 Å². The minimum Gasteiger partial charge on any atom is -0.397 e. The lowest BCUT2D eigenvalue weighted by atomic mass is 10.2. The van der Waals surface area contributed by atoms with Crippen molar-refractivity contribution in [3.8, 4) is 0 Å². The number of nitrogens with zero attached hydrogens (tertiary/aromatic N) is 1. The van der Waals surface area contributed by atoms with Gasteiger partial charge in [0.25, 0.3) is 0 Å². The van der Waals surface area contributed by atoms with E-state index in [4.69, 9.17) is 5.73 Å². The molecule has 0 unspecified atom stereocenters. The molecule has 0 atom stereocenters. The molecule has 2 heteroatoms. The van der Waals surface area contributed by atoms with Crippen molar-refractivity contribution >= 4 is 17.1 Å². The SMILES string of the molecule is CC(C)=CCN(c1ccccc1)c1ccccc1N. The van der Waals surface area contributed by atoms with E-state index < -0.39 is 0 Å². The summed E-state index contributed by atoms with van der Waals surface area (Å²) in [4.78, 5) is 2.22. The topological polar surface area (TPSA) is 29.3 Å². The van der Waals surface area contributed by atoms with Gasteiger partial charge in [0.1, 0.15) is 0 Å². The van der Waals surface area contributed by atoms with Crippen LogP contribution in [0.25, 0.3) is 0 Å². The summed E-state index contributed by atoms with van der Waals surface area (Å²) in [6, 6.07) is 18.3. The van der Waals surface area contributed by atoms with Gasteiger partial charge in [-0.05, 0) is 38.1 Å². The summed E-state index contributed by atoms with van der Waals surface area (Å²) in [6.07, 6.45) is 2.21. The lowest BCUT2D eigenvalue weighted by molar-refractivity contribution is 1.08. The zero-order valence-corrected chi connectivity index (χ0v) is 11.5. The van der Waals surface area contributed by atoms with Crippen LogP contribution in [0.5, 0.6) is 0 Å². The lowest BCUT2D eigenvalue weighted by Crippen LogP contribution is -2.18. The third kappa shape index (κ3) is 3.38. The van der Waals surface area contributed by atoms with Gasteiger partial charge in [0.2, 0.25) is 0 Å². The quantitative estimate of drug-likeness (QED) is 0.646. The van der Waals surface area contributed by atoms with Gasteiger partial charge >= 0.3 is 0 Å². The van der Waals surface area contributed by atoms with E-state index in [1.807, 2.05) is 36.4 Å². The molecular formula is C17H20N2. The summed E-state index contributed by atoms with van der Waals surface area (Å²) >= 11 is 0. The highest BCUT2D eigenvalue weighted by Gasteiger charge is 2.09. The number of allylic oxidation sites excluding steroid dienone is 1. The average Bonchev–Trinajstić information content (AvgIpc) is 2.42. The number of para-hydroxylation sites is 3. The van der Waals surface area contributed by atoms with Crippen LogP contribution >= 0.6 is 0 Å². The Balaban J connectivity index is 2.40. The first-order valence-electron chi connectivity index (χ1n) is 6.49. The van der Waals surface area contributed by atoms with Crippen molar-refractivity contribution in [1.82, 2.24) is 0 Å². The molecule has 0 bridgehead atoms. The molecule has 0 saturated carbocycles. The monoisotopic (exact) mass is 252 g/mol. The van der Waals surface area contributed by atoms with Gasteiger partial charge in [-0.2, -0.15) is 0 Å². The van der Waals surface area contributed by atoms with Crippen molar-refractivity contribution in [2.45, 2.75) is 13.8 Å². The predicted molar refractivity (Wildman–Crippen MR) is 83.7 cm³/mol. The fourth-order valence-electron chi connectivity index (χ4n) is 1.96. The second kappa shape index (κ2) is 6.10. The largest absolute Gasteiger partial charge is 0.397 e. The summed E-state index contributed by atoms with van der Waals surface area (Å²) in [6.45, 7) is 5.04. The fourth-order valence-corrected chi connectivity index (χ4v) is 1.96. The molecule has 0 fully saturated rings. The standard InChI is InChI=1S/C17H20N2/c1-14(2)12-13-19(15-8-4-3-5-9-15)17-11-7-6-10-16(17)18/h3-12H,13,18H2,1-2H3. The highest BCUT2D eigenvalue weighted by Crippen LogP contribution is 2.29. The van der Waals surface area contributed by atoms with Gasteiger partial charge in [-0.1, -0.05) is 42.0 Å². The smallest absolute Gasteiger partial charge is 0.0647 e. The maximum absolute atomic E-state index is 6.10. The molecule has 2 aromatic carbocycles. The molecule has 0 saturated heterocycles. The second-order valence-corrected chi connectivity index (χ2v) is 4.79. The van der Waals surface area contributed by atoms with Gasteiger partial charge < -0.3 is 10.6 Å². The van der Waals surface area contributed by atoms with Crippen LogP contribution in [-0.2, 0) is 0 Å². The minimum absolute atomic E-state index is 0.800. The van der Waals surface area contributed by atoms with Gasteiger partial charge in [0, 0.05) is 12.2 Å². The van der Waals surface area contributed by atoms with Crippen molar-refractivity contribution in [1.29, 1.82) is 0 Å². The van der Waals surface area contributed by atoms with Crippen molar-refractivity contribution in [2.24, 2.45) is 0 Å². The average molecular weight is 252 g/mol. The van der Waals surface area contributed by atoms with Crippen LogP contribution in [0.4, 0.5) is 17.1 Å². The third-order valence-electron chi connectivity index (χ3n) is 2.98. The molecule has 0 spiro atoms. The predicted octanol–water partition coefficient (Wildman–Crippen LogP) is 4.37. The highest BCUT2D eigenvalue weighted by molar-refractivity contribution is 5.75. The first-order chi connectivity index (χ1) is 9.18. The summed E-state index contributed by atoms with van der Waals surface area (Å²) in [5.74, 6) is 0. The summed E-state index contributed by atoms with van der Waals surface area (Å²) in [7, 11) is 0. The van der Waals surface area contributed by atoms with E-state index in [1.165, 1.54) is 5.57 Å². The molecule has 0 aliphatic carbocycles. The van der Waals surface area contributed by atoms with E-state index in [0.717, 1.165) is 23.6 Å². The highest BCUT2D eigenvalue weighted by atomic mass is 15.1. The Morgan fingerprint density at radius 1 is 1.00 bits per heavy atom. The maximum Gasteiger partial charge on any atom is 0.0647 e. The normalized spacial score (nSPS) is 10.0. The summed E-state index contributed by atoms with van der Waals surface area (Å²) in [5.41, 5.74) is 10.4. The second-order valence-electron chi connectivity index (χ2n) is 4.79. The van der Waals surface area contributed by atoms with Gasteiger partial charge in [0.05, 0.1) is 11.4 Å². The zero-order chi connectivity index (χ0) is 13.7. The number of hydrogen-bond acceptors (Lipinski definition) is 2. The minimum atomic E-state index is 0.800. The molecule has 2 nitrogen and oxygen atoms in total. The molecule has 0 aromatic heterocycles. The molecule has 2 rings (SSSR count). The number of hydrogen-bond donors (Lipinski definition) is 1. The lowest BCUT2D eigenvalue weighted by Gasteiger charge is -2.25. The molecule has 0 aliphatic rings. The van der Waals surface area contributed by atoms with Crippen molar-refractivity contribution in [3.63, 3.8) is 0 Å². The zero-order valence-electron chi connectivity index (χ0n) is 11.5. The Labute approximate surface area is 115 Å². The molecule has 2 N–H and O–H groups in total. The van der Waals surface area contributed by atoms with Crippen LogP contribution in [0.3, 0.4) is 0 Å². The van der Waals surface area contributed by atoms with E-state index in [2.05, 4.69) is 43.0 Å². The maximum atomic E-state index is 6.10. The molecule has 98 valence electrons. The molecule has 0 heterocycles. The number of nitrogen functional groups attached to an aromatic ring is 1. The van der Waals surface area contributed by atoms with E-state index >= 15 is 0 Å². The van der Waals surface area contributed by atoms with E-state index in [0.29, 0.717) is 0 Å². The van der Waals surface area contributed by atoms with E-state index in [-0.39, 0.29) is 0 Å². The first-order valence-corrected chi connectivity index (χ1v) is 6.49. The first kappa shape index (κ1) is 13.2. The van der Waals surface area contributed by atoms with Crippen molar-refractivity contribution in [3.05, 3.63) is 66.2 Å². The molecule has 0 aliphatic heterocycles. The number of anilines is 3. The van der Waals surface area contributed by atoms with Crippen molar-refractivity contribution in [2.75, 3.05) is 17.2 Å². The van der Waals surface area contributed by atoms with Crippen LogP contribution in [0.15, 0.2) is 66.2 Å². The molecular weight excluding hydrogens is 232 g/mol. The molecule has 0 amide bonds. The van der Waals surface area contributed by atoms with Gasteiger partial charge in [-0.15, -0.1) is 0 Å². The van der Waals surface area contributed by atoms with Gasteiger partial charge in [-0.3, -0.25) is 0 Å². The van der Waals surface area contributed by atoms with Crippen LogP contribution < -0.4 is 10.6 Å². The third-order valence-corrected chi connectivity index (χ3v) is 2.98. The Morgan fingerprint density at radius 2 is 1.63 bits per heavy atom. The Kier molecular flexibility index (Phi) is 4.24. The van der Waals surface area contributed by atoms with Crippen LogP contribution in [-0.4, -0.2) is 6.54 Å². The van der Waals surface area contributed by atoms with Gasteiger partial charge in [-0.25, -0.2) is 0 Å². The Bertz CT molecular complexity index is 554. The molecule has 0 radical (unpaired) electrons. The Morgan fingerprint density at radius 3 is 2.26 bits per heavy atom. The molecule has 19 heavy (non-hydrogen) atoms.